The molecule has 2 N–H and O–H groups in total. The first kappa shape index (κ1) is 21.3. The fourth-order valence-electron chi connectivity index (χ4n) is 3.19. The van der Waals surface area contributed by atoms with Crippen LogP contribution in [0.4, 0.5) is 5.95 Å². The van der Waals surface area contributed by atoms with Crippen LogP contribution >= 0.6 is 0 Å². The average Bonchev–Trinajstić information content (AvgIpc) is 2.76. The molecule has 2 aromatic carbocycles. The van der Waals surface area contributed by atoms with Crippen LogP contribution in [0.1, 0.15) is 46.9 Å². The number of nitrogens with zero attached hydrogens (tertiary/aromatic N) is 2. The second-order valence-corrected chi connectivity index (χ2v) is 7.31. The molecule has 0 unspecified atom stereocenters. The fourth-order valence-corrected chi connectivity index (χ4v) is 3.19. The van der Waals surface area contributed by atoms with Crippen LogP contribution in [0, 0.1) is 0 Å². The van der Waals surface area contributed by atoms with Gasteiger partial charge in [-0.05, 0) is 36.0 Å². The summed E-state index contributed by atoms with van der Waals surface area (Å²) in [6, 6.07) is 17.9. The van der Waals surface area contributed by atoms with Crippen molar-refractivity contribution in [1.29, 1.82) is 0 Å². The quantitative estimate of drug-likeness (QED) is 0.481. The molecule has 1 aromatic heterocycles. The summed E-state index contributed by atoms with van der Waals surface area (Å²) < 4.78 is 5.91. The molecule has 0 fully saturated rings. The number of carboxylic acid groups (broad SMARTS) is 1. The number of aromatic nitrogens is 2. The Kier molecular flexibility index (Phi) is 7.38. The standard InChI is InChI=1S/C24H27N3O3/c1-17(2)19-10-6-7-11-22(19)30-15-14-25-24-26-16-20(23(28)29)21(27-24)13-12-18-8-4-3-5-9-18/h3-11,16-17H,12-15H2,1-2H3,(H,28,29)(H,25,26,27). The summed E-state index contributed by atoms with van der Waals surface area (Å²) in [7, 11) is 0. The van der Waals surface area contributed by atoms with Crippen LogP contribution in [-0.2, 0) is 12.8 Å². The van der Waals surface area contributed by atoms with E-state index in [2.05, 4.69) is 35.2 Å². The molecule has 3 rings (SSSR count). The number of aromatic carboxylic acids is 1. The van der Waals surface area contributed by atoms with Crippen LogP contribution in [0.3, 0.4) is 0 Å². The van der Waals surface area contributed by atoms with Gasteiger partial charge in [-0.2, -0.15) is 0 Å². The van der Waals surface area contributed by atoms with Gasteiger partial charge in [-0.3, -0.25) is 0 Å². The molecule has 0 aliphatic heterocycles. The Morgan fingerprint density at radius 2 is 1.80 bits per heavy atom. The molecule has 6 heteroatoms. The van der Waals surface area contributed by atoms with Crippen molar-refractivity contribution < 1.29 is 14.6 Å². The summed E-state index contributed by atoms with van der Waals surface area (Å²) in [6.07, 6.45) is 2.61. The highest BCUT2D eigenvalue weighted by Crippen LogP contribution is 2.25. The first-order valence-electron chi connectivity index (χ1n) is 10.1. The number of carboxylic acids is 1. The van der Waals surface area contributed by atoms with E-state index >= 15 is 0 Å². The SMILES string of the molecule is CC(C)c1ccccc1OCCNc1ncc(C(=O)O)c(CCc2ccccc2)n1. The summed E-state index contributed by atoms with van der Waals surface area (Å²) in [5.74, 6) is 0.648. The molecule has 156 valence electrons. The van der Waals surface area contributed by atoms with Gasteiger partial charge in [0.15, 0.2) is 0 Å². The maximum atomic E-state index is 11.5. The van der Waals surface area contributed by atoms with E-state index in [9.17, 15) is 9.90 Å². The van der Waals surface area contributed by atoms with Gasteiger partial charge in [-0.15, -0.1) is 0 Å². The molecule has 0 saturated heterocycles. The van der Waals surface area contributed by atoms with Crippen molar-refractivity contribution in [1.82, 2.24) is 9.97 Å². The van der Waals surface area contributed by atoms with E-state index < -0.39 is 5.97 Å². The van der Waals surface area contributed by atoms with Gasteiger partial charge >= 0.3 is 5.97 Å². The van der Waals surface area contributed by atoms with E-state index in [-0.39, 0.29) is 5.56 Å². The van der Waals surface area contributed by atoms with Crippen molar-refractivity contribution in [2.45, 2.75) is 32.6 Å². The van der Waals surface area contributed by atoms with E-state index in [4.69, 9.17) is 4.74 Å². The average molecular weight is 405 g/mol. The minimum atomic E-state index is -1.02. The van der Waals surface area contributed by atoms with Crippen LogP contribution in [0.15, 0.2) is 60.8 Å². The van der Waals surface area contributed by atoms with Gasteiger partial charge < -0.3 is 15.2 Å². The molecule has 6 nitrogen and oxygen atoms in total. The highest BCUT2D eigenvalue weighted by Gasteiger charge is 2.14. The van der Waals surface area contributed by atoms with Gasteiger partial charge in [0.2, 0.25) is 5.95 Å². The van der Waals surface area contributed by atoms with Crippen molar-refractivity contribution >= 4 is 11.9 Å². The minimum Gasteiger partial charge on any atom is -0.491 e. The highest BCUT2D eigenvalue weighted by atomic mass is 16.5. The van der Waals surface area contributed by atoms with Crippen molar-refractivity contribution in [3.63, 3.8) is 0 Å². The maximum absolute atomic E-state index is 11.5. The molecule has 30 heavy (non-hydrogen) atoms. The third-order valence-corrected chi connectivity index (χ3v) is 4.78. The minimum absolute atomic E-state index is 0.138. The van der Waals surface area contributed by atoms with Crippen molar-refractivity contribution in [3.05, 3.63) is 83.2 Å². The zero-order valence-corrected chi connectivity index (χ0v) is 17.3. The number of carbonyl (C=O) groups is 1. The van der Waals surface area contributed by atoms with Crippen LogP contribution in [-0.4, -0.2) is 34.2 Å². The third kappa shape index (κ3) is 5.80. The Labute approximate surface area is 177 Å². The Morgan fingerprint density at radius 3 is 2.53 bits per heavy atom. The number of aryl methyl sites for hydroxylation is 2. The van der Waals surface area contributed by atoms with Gasteiger partial charge in [-0.1, -0.05) is 62.4 Å². The lowest BCUT2D eigenvalue weighted by Gasteiger charge is -2.14. The summed E-state index contributed by atoms with van der Waals surface area (Å²) in [6.45, 7) is 5.23. The first-order chi connectivity index (χ1) is 14.5. The molecule has 0 saturated carbocycles. The van der Waals surface area contributed by atoms with E-state index in [0.717, 1.165) is 11.3 Å². The van der Waals surface area contributed by atoms with E-state index in [1.54, 1.807) is 0 Å². The Hall–Kier alpha value is -3.41. The molecular formula is C24H27N3O3. The van der Waals surface area contributed by atoms with Gasteiger partial charge in [-0.25, -0.2) is 14.8 Å². The van der Waals surface area contributed by atoms with Gasteiger partial charge in [0.25, 0.3) is 0 Å². The fraction of sp³-hybridized carbons (Fsp3) is 0.292. The lowest BCUT2D eigenvalue weighted by molar-refractivity contribution is 0.0694. The largest absolute Gasteiger partial charge is 0.491 e. The summed E-state index contributed by atoms with van der Waals surface area (Å²) in [5, 5.41) is 12.6. The van der Waals surface area contributed by atoms with Crippen molar-refractivity contribution in [3.8, 4) is 5.75 Å². The number of nitrogens with one attached hydrogen (secondary N) is 1. The molecule has 0 aliphatic carbocycles. The second kappa shape index (κ2) is 10.4. The second-order valence-electron chi connectivity index (χ2n) is 7.31. The normalized spacial score (nSPS) is 10.8. The van der Waals surface area contributed by atoms with Crippen molar-refractivity contribution in [2.24, 2.45) is 0 Å². The topological polar surface area (TPSA) is 84.3 Å². The van der Waals surface area contributed by atoms with Gasteiger partial charge in [0.1, 0.15) is 12.4 Å². The number of para-hydroxylation sites is 1. The van der Waals surface area contributed by atoms with Crippen LogP contribution in [0.25, 0.3) is 0 Å². The molecule has 1 heterocycles. The first-order valence-corrected chi connectivity index (χ1v) is 10.1. The number of hydrogen-bond acceptors (Lipinski definition) is 5. The molecule has 0 spiro atoms. The number of anilines is 1. The Balaban J connectivity index is 1.60. The van der Waals surface area contributed by atoms with E-state index in [0.29, 0.717) is 43.6 Å². The molecule has 0 radical (unpaired) electrons. The number of rotatable bonds is 10. The monoisotopic (exact) mass is 405 g/mol. The maximum Gasteiger partial charge on any atom is 0.339 e. The Morgan fingerprint density at radius 1 is 1.07 bits per heavy atom. The van der Waals surface area contributed by atoms with Gasteiger partial charge in [0, 0.05) is 6.20 Å². The van der Waals surface area contributed by atoms with Crippen LogP contribution in [0.5, 0.6) is 5.75 Å². The molecule has 0 atom stereocenters. The van der Waals surface area contributed by atoms with E-state index in [1.807, 2.05) is 48.5 Å². The van der Waals surface area contributed by atoms with Gasteiger partial charge in [0.05, 0.1) is 17.8 Å². The van der Waals surface area contributed by atoms with Crippen LogP contribution < -0.4 is 10.1 Å². The molecule has 3 aromatic rings. The summed E-state index contributed by atoms with van der Waals surface area (Å²) in [5.41, 5.74) is 2.97. The summed E-state index contributed by atoms with van der Waals surface area (Å²) >= 11 is 0. The zero-order chi connectivity index (χ0) is 21.3. The predicted octanol–water partition coefficient (Wildman–Crippen LogP) is 4.57. The number of benzene rings is 2. The molecular weight excluding hydrogens is 378 g/mol. The highest BCUT2D eigenvalue weighted by molar-refractivity contribution is 5.88. The Bertz CT molecular complexity index is 974. The lowest BCUT2D eigenvalue weighted by Crippen LogP contribution is -2.16. The molecule has 0 bridgehead atoms. The molecule has 0 aliphatic rings. The third-order valence-electron chi connectivity index (χ3n) is 4.78. The predicted molar refractivity (Wildman–Crippen MR) is 117 cm³/mol. The zero-order valence-electron chi connectivity index (χ0n) is 17.3. The molecule has 0 amide bonds. The number of ether oxygens (including phenoxy) is 1. The van der Waals surface area contributed by atoms with Crippen molar-refractivity contribution in [2.75, 3.05) is 18.5 Å². The van der Waals surface area contributed by atoms with Crippen LogP contribution in [0.2, 0.25) is 0 Å². The smallest absolute Gasteiger partial charge is 0.339 e. The lowest BCUT2D eigenvalue weighted by atomic mass is 10.0. The summed E-state index contributed by atoms with van der Waals surface area (Å²) in [4.78, 5) is 20.1. The number of hydrogen-bond donors (Lipinski definition) is 2. The van der Waals surface area contributed by atoms with E-state index in [1.165, 1.54) is 11.8 Å².